The number of hydrogen-bond acceptors (Lipinski definition) is 8. The number of nitrogen functional groups attached to an aromatic ring is 1. The van der Waals surface area contributed by atoms with Crippen molar-refractivity contribution in [2.75, 3.05) is 19.0 Å². The van der Waals surface area contributed by atoms with Crippen molar-refractivity contribution in [3.63, 3.8) is 0 Å². The average molecular weight is 377 g/mol. The number of aromatic amines is 1. The van der Waals surface area contributed by atoms with Crippen LogP contribution in [0.1, 0.15) is 12.6 Å². The van der Waals surface area contributed by atoms with E-state index in [0.29, 0.717) is 22.2 Å². The second kappa shape index (κ2) is 6.17. The van der Waals surface area contributed by atoms with Gasteiger partial charge in [-0.25, -0.2) is 4.98 Å². The SMILES string of the molecule is CP(O)(=S)OC[C@H]1O[C@@H](n2cnc3c(=S)[nH]c(N)nc32)C[C@H]1O. The lowest BCUT2D eigenvalue weighted by atomic mass is 10.2. The molecule has 1 fully saturated rings. The van der Waals surface area contributed by atoms with Crippen LogP contribution in [0.25, 0.3) is 11.2 Å². The number of aliphatic hydroxyl groups excluding tert-OH is 1. The van der Waals surface area contributed by atoms with E-state index < -0.39 is 24.9 Å². The second-order valence-electron chi connectivity index (χ2n) is 5.31. The van der Waals surface area contributed by atoms with Crippen molar-refractivity contribution in [2.45, 2.75) is 24.9 Å². The Morgan fingerprint density at radius 2 is 2.39 bits per heavy atom. The molecule has 1 unspecified atom stereocenters. The summed E-state index contributed by atoms with van der Waals surface area (Å²) in [4.78, 5) is 20.7. The molecular weight excluding hydrogens is 361 g/mol. The van der Waals surface area contributed by atoms with Gasteiger partial charge >= 0.3 is 0 Å². The third kappa shape index (κ3) is 3.61. The number of H-pyrrole nitrogens is 1. The molecule has 1 saturated heterocycles. The summed E-state index contributed by atoms with van der Waals surface area (Å²) < 4.78 is 13.0. The standard InChI is InChI=1S/C11H16N5O4PS2/c1-21(18,23)19-3-6-5(17)2-7(20-6)16-4-13-8-9(16)14-11(12)15-10(8)22/h4-7,17H,2-3H2,1H3,(H,18,23)(H3,12,14,15,22)/t5-,6-,7-,21?/m1/s1. The van der Waals surface area contributed by atoms with Crippen LogP contribution in [0.15, 0.2) is 6.33 Å². The number of ether oxygens (including phenoxy) is 1. The van der Waals surface area contributed by atoms with Crippen molar-refractivity contribution in [2.24, 2.45) is 0 Å². The number of rotatable bonds is 4. The second-order valence-corrected chi connectivity index (χ2v) is 9.61. The van der Waals surface area contributed by atoms with E-state index in [2.05, 4.69) is 15.0 Å². The third-order valence-corrected chi connectivity index (χ3v) is 4.68. The van der Waals surface area contributed by atoms with Crippen LogP contribution < -0.4 is 5.73 Å². The van der Waals surface area contributed by atoms with E-state index in [4.69, 9.17) is 39.0 Å². The summed E-state index contributed by atoms with van der Waals surface area (Å²) in [6.07, 6.45) is 0.0278. The molecule has 2 aromatic rings. The molecule has 3 rings (SSSR count). The van der Waals surface area contributed by atoms with E-state index in [0.717, 1.165) is 0 Å². The summed E-state index contributed by atoms with van der Waals surface area (Å²) in [6.45, 7) is -1.34. The van der Waals surface area contributed by atoms with Crippen LogP contribution in [0.5, 0.6) is 0 Å². The summed E-state index contributed by atoms with van der Waals surface area (Å²) in [6, 6.07) is 0. The fourth-order valence-corrected chi connectivity index (χ4v) is 3.26. The molecule has 0 spiro atoms. The molecule has 9 nitrogen and oxygen atoms in total. The van der Waals surface area contributed by atoms with Crippen LogP contribution >= 0.6 is 18.7 Å². The van der Waals surface area contributed by atoms with E-state index in [1.165, 1.54) is 13.0 Å². The van der Waals surface area contributed by atoms with Crippen LogP contribution in [0.3, 0.4) is 0 Å². The van der Waals surface area contributed by atoms with Crippen LogP contribution in [0, 0.1) is 4.64 Å². The van der Waals surface area contributed by atoms with E-state index in [1.807, 2.05) is 0 Å². The molecule has 3 heterocycles. The molecule has 12 heteroatoms. The molecule has 4 atom stereocenters. The minimum Gasteiger partial charge on any atom is -0.390 e. The Balaban J connectivity index is 1.84. The summed E-state index contributed by atoms with van der Waals surface area (Å²) >= 11 is 9.97. The van der Waals surface area contributed by atoms with Crippen molar-refractivity contribution in [1.82, 2.24) is 19.5 Å². The molecule has 5 N–H and O–H groups in total. The lowest BCUT2D eigenvalue weighted by molar-refractivity contribution is -0.0378. The van der Waals surface area contributed by atoms with Gasteiger partial charge in [0.1, 0.15) is 22.5 Å². The van der Waals surface area contributed by atoms with Crippen LogP contribution in [-0.2, 0) is 21.1 Å². The first kappa shape index (κ1) is 16.9. The van der Waals surface area contributed by atoms with Crippen LogP contribution in [0.4, 0.5) is 5.95 Å². The largest absolute Gasteiger partial charge is 0.390 e. The minimum absolute atomic E-state index is 0.0181. The van der Waals surface area contributed by atoms with Gasteiger partial charge in [0.25, 0.3) is 0 Å². The van der Waals surface area contributed by atoms with Crippen LogP contribution in [0.2, 0.25) is 0 Å². The number of nitrogens with zero attached hydrogens (tertiary/aromatic N) is 3. The Kier molecular flexibility index (Phi) is 4.53. The molecular formula is C11H16N5O4PS2. The highest BCUT2D eigenvalue weighted by Gasteiger charge is 2.36. The summed E-state index contributed by atoms with van der Waals surface area (Å²) in [5.41, 5.74) is 6.67. The van der Waals surface area contributed by atoms with Crippen molar-refractivity contribution < 1.29 is 19.3 Å². The Hall–Kier alpha value is -0.940. The highest BCUT2D eigenvalue weighted by atomic mass is 32.5. The Morgan fingerprint density at radius 1 is 1.65 bits per heavy atom. The molecule has 0 saturated carbocycles. The molecule has 126 valence electrons. The highest BCUT2D eigenvalue weighted by Crippen LogP contribution is 2.39. The van der Waals surface area contributed by atoms with Gasteiger partial charge in [-0.2, -0.15) is 4.98 Å². The van der Waals surface area contributed by atoms with Gasteiger partial charge in [-0.3, -0.25) is 4.57 Å². The Labute approximate surface area is 141 Å². The number of nitrogens with one attached hydrogen (secondary N) is 1. The maximum atomic E-state index is 10.1. The summed E-state index contributed by atoms with van der Waals surface area (Å²) in [5, 5.41) is 10.1. The lowest BCUT2D eigenvalue weighted by Gasteiger charge is -2.18. The summed E-state index contributed by atoms with van der Waals surface area (Å²) in [5.74, 6) is 0.176. The van der Waals surface area contributed by atoms with Crippen molar-refractivity contribution >= 4 is 47.6 Å². The van der Waals surface area contributed by atoms with Crippen LogP contribution in [-0.4, -0.2) is 55.0 Å². The molecule has 1 aliphatic rings. The fraction of sp³-hybridized carbons (Fsp3) is 0.545. The average Bonchev–Trinajstić information content (AvgIpc) is 2.99. The number of aliphatic hydroxyl groups is 1. The van der Waals surface area contributed by atoms with Crippen molar-refractivity contribution in [1.29, 1.82) is 0 Å². The van der Waals surface area contributed by atoms with E-state index >= 15 is 0 Å². The fourth-order valence-electron chi connectivity index (χ4n) is 2.40. The molecule has 1 aliphatic heterocycles. The molecule has 23 heavy (non-hydrogen) atoms. The van der Waals surface area contributed by atoms with E-state index in [1.54, 1.807) is 4.57 Å². The zero-order valence-corrected chi connectivity index (χ0v) is 14.6. The minimum atomic E-state index is -2.80. The maximum absolute atomic E-state index is 10.1. The lowest BCUT2D eigenvalue weighted by Crippen LogP contribution is -2.25. The zero-order valence-electron chi connectivity index (χ0n) is 12.1. The van der Waals surface area contributed by atoms with Gasteiger partial charge < -0.3 is 30.0 Å². The van der Waals surface area contributed by atoms with Gasteiger partial charge in [0, 0.05) is 13.1 Å². The van der Waals surface area contributed by atoms with Crippen molar-refractivity contribution in [3.05, 3.63) is 11.0 Å². The normalized spacial score (nSPS) is 27.3. The van der Waals surface area contributed by atoms with Gasteiger partial charge in [0.2, 0.25) is 5.95 Å². The third-order valence-electron chi connectivity index (χ3n) is 3.44. The number of aromatic nitrogens is 4. The topological polar surface area (TPSA) is 131 Å². The predicted molar refractivity (Wildman–Crippen MR) is 90.0 cm³/mol. The molecule has 0 aliphatic carbocycles. The first-order valence-corrected chi connectivity index (χ1v) is 10.3. The van der Waals surface area contributed by atoms with Gasteiger partial charge in [0.15, 0.2) is 12.1 Å². The monoisotopic (exact) mass is 377 g/mol. The molecule has 2 aromatic heterocycles. The highest BCUT2D eigenvalue weighted by molar-refractivity contribution is 8.09. The van der Waals surface area contributed by atoms with Gasteiger partial charge in [-0.05, 0) is 11.8 Å². The smallest absolute Gasteiger partial charge is 0.200 e. The Bertz CT molecular complexity index is 833. The summed E-state index contributed by atoms with van der Waals surface area (Å²) in [7, 11) is 0. The Morgan fingerprint density at radius 3 is 3.09 bits per heavy atom. The van der Waals surface area contributed by atoms with E-state index in [9.17, 15) is 10.00 Å². The molecule has 0 aromatic carbocycles. The quantitative estimate of drug-likeness (QED) is 0.448. The first-order chi connectivity index (χ1) is 10.7. The number of fused-ring (bicyclic) bond motifs is 1. The van der Waals surface area contributed by atoms with Gasteiger partial charge in [0.05, 0.1) is 19.0 Å². The van der Waals surface area contributed by atoms with Gasteiger partial charge in [-0.1, -0.05) is 12.2 Å². The number of imidazole rings is 1. The maximum Gasteiger partial charge on any atom is 0.200 e. The number of nitrogens with two attached hydrogens (primary N) is 1. The molecule has 0 amide bonds. The van der Waals surface area contributed by atoms with E-state index in [-0.39, 0.29) is 12.6 Å². The molecule has 0 bridgehead atoms. The first-order valence-electron chi connectivity index (χ1n) is 6.75. The van der Waals surface area contributed by atoms with Gasteiger partial charge in [-0.15, -0.1) is 0 Å². The number of hydrogen-bond donors (Lipinski definition) is 4. The predicted octanol–water partition coefficient (Wildman–Crippen LogP) is 0.668. The van der Waals surface area contributed by atoms with Crippen molar-refractivity contribution in [3.8, 4) is 0 Å². The zero-order chi connectivity index (χ0) is 16.8. The number of anilines is 1. The molecule has 0 radical (unpaired) electrons.